The normalized spacial score (nSPS) is 34.9. The van der Waals surface area contributed by atoms with Gasteiger partial charge in [-0.2, -0.15) is 0 Å². The summed E-state index contributed by atoms with van der Waals surface area (Å²) < 4.78 is 0. The van der Waals surface area contributed by atoms with E-state index in [9.17, 15) is 60.7 Å². The lowest BCUT2D eigenvalue weighted by Gasteiger charge is -2.34. The van der Waals surface area contributed by atoms with E-state index >= 15 is 0 Å². The van der Waals surface area contributed by atoms with Crippen LogP contribution in [0.5, 0.6) is 0 Å². The van der Waals surface area contributed by atoms with E-state index in [4.69, 9.17) is 0 Å². The number of hydrogen-bond donors (Lipinski definition) is 2. The van der Waals surface area contributed by atoms with Gasteiger partial charge >= 0.3 is 0 Å². The van der Waals surface area contributed by atoms with Gasteiger partial charge in [0.2, 0.25) is 36.3 Å². The first-order valence-electron chi connectivity index (χ1n) is 9.17. The van der Waals surface area contributed by atoms with Gasteiger partial charge in [0.1, 0.15) is 0 Å². The molecule has 20 nitrogen and oxygen atoms in total. The number of nitrogens with zero attached hydrogens (tertiary/aromatic N) is 6. The Bertz CT molecular complexity index is 710. The third kappa shape index (κ3) is 5.14. The molecule has 2 aliphatic rings. The fraction of sp³-hybridized carbons (Fsp3) is 1.00. The summed E-state index contributed by atoms with van der Waals surface area (Å²) >= 11 is 0. The third-order valence-corrected chi connectivity index (χ3v) is 5.81. The molecule has 0 radical (unpaired) electrons. The largest absolute Gasteiger partial charge is 0.264 e. The minimum atomic E-state index is -1.85. The lowest BCUT2D eigenvalue weighted by Crippen LogP contribution is -2.69. The maximum absolute atomic E-state index is 11.4. The second kappa shape index (κ2) is 9.64. The highest BCUT2D eigenvalue weighted by atomic mass is 16.7. The van der Waals surface area contributed by atoms with Gasteiger partial charge in [-0.25, -0.2) is 10.9 Å². The standard InChI is InChI=1S/C12H18N8O12/c21-15(22)5-1-7(17(25)26)11(8(2-5)18(27)28)13-14-12-9(19(29)30)3-6(16(23)24)4-10(12)20(31)32/h5-14H,1-4H2. The van der Waals surface area contributed by atoms with Gasteiger partial charge in [0.05, 0.1) is 25.7 Å². The van der Waals surface area contributed by atoms with Crippen LogP contribution in [0.15, 0.2) is 0 Å². The van der Waals surface area contributed by atoms with Crippen molar-refractivity contribution in [3.05, 3.63) is 60.7 Å². The number of hydrazine groups is 1. The maximum Gasteiger partial charge on any atom is 0.242 e. The van der Waals surface area contributed by atoms with Crippen molar-refractivity contribution in [2.75, 3.05) is 0 Å². The number of hydrogen-bond acceptors (Lipinski definition) is 14. The molecule has 178 valence electrons. The molecule has 20 heteroatoms. The Morgan fingerprint density at radius 1 is 0.438 bits per heavy atom. The van der Waals surface area contributed by atoms with Crippen molar-refractivity contribution in [1.29, 1.82) is 0 Å². The molecule has 2 rings (SSSR count). The molecule has 32 heavy (non-hydrogen) atoms. The molecular formula is C12H18N8O12. The van der Waals surface area contributed by atoms with Crippen LogP contribution in [0.1, 0.15) is 25.7 Å². The molecule has 0 amide bonds. The number of rotatable bonds is 9. The highest BCUT2D eigenvalue weighted by molar-refractivity contribution is 4.95. The second-order valence-electron chi connectivity index (χ2n) is 7.57. The molecule has 4 atom stereocenters. The summed E-state index contributed by atoms with van der Waals surface area (Å²) in [6, 6.07) is -13.9. The average Bonchev–Trinajstić information content (AvgIpc) is 2.70. The van der Waals surface area contributed by atoms with Gasteiger partial charge in [-0.1, -0.05) is 0 Å². The quantitative estimate of drug-likeness (QED) is 0.282. The summed E-state index contributed by atoms with van der Waals surface area (Å²) in [5.74, 6) is 0. The summed E-state index contributed by atoms with van der Waals surface area (Å²) in [5.41, 5.74) is 4.39. The summed E-state index contributed by atoms with van der Waals surface area (Å²) in [5, 5.41) is 67.8. The van der Waals surface area contributed by atoms with Crippen LogP contribution in [0, 0.1) is 60.7 Å². The topological polar surface area (TPSA) is 283 Å². The first kappa shape index (κ1) is 24.6. The molecule has 2 N–H and O–H groups in total. The van der Waals surface area contributed by atoms with Gasteiger partial charge in [-0.15, -0.1) is 0 Å². The molecule has 0 aromatic rings. The summed E-state index contributed by atoms with van der Waals surface area (Å²) in [6.45, 7) is 0. The van der Waals surface area contributed by atoms with E-state index in [1.807, 2.05) is 0 Å². The van der Waals surface area contributed by atoms with Gasteiger partial charge in [0, 0.05) is 29.5 Å². The molecule has 0 heterocycles. The first-order chi connectivity index (χ1) is 14.8. The third-order valence-electron chi connectivity index (χ3n) is 5.81. The van der Waals surface area contributed by atoms with E-state index in [2.05, 4.69) is 10.9 Å². The van der Waals surface area contributed by atoms with E-state index in [0.717, 1.165) is 0 Å². The van der Waals surface area contributed by atoms with Gasteiger partial charge in [-0.3, -0.25) is 60.7 Å². The first-order valence-corrected chi connectivity index (χ1v) is 9.17. The van der Waals surface area contributed by atoms with Crippen LogP contribution < -0.4 is 10.9 Å². The Hall–Kier alpha value is -3.68. The molecule has 0 aromatic carbocycles. The van der Waals surface area contributed by atoms with Crippen LogP contribution >= 0.6 is 0 Å². The molecule has 0 saturated heterocycles. The van der Waals surface area contributed by atoms with Crippen molar-refractivity contribution < 1.29 is 29.5 Å². The van der Waals surface area contributed by atoms with Crippen LogP contribution in [-0.2, 0) is 0 Å². The Morgan fingerprint density at radius 2 is 0.656 bits per heavy atom. The van der Waals surface area contributed by atoms with Gasteiger partial charge in [0.15, 0.2) is 12.1 Å². The van der Waals surface area contributed by atoms with Crippen molar-refractivity contribution in [1.82, 2.24) is 10.9 Å². The lowest BCUT2D eigenvalue weighted by molar-refractivity contribution is -0.613. The molecule has 2 fully saturated rings. The number of nitrogens with one attached hydrogen (secondary N) is 2. The molecule has 0 bridgehead atoms. The predicted molar refractivity (Wildman–Crippen MR) is 97.0 cm³/mol. The zero-order valence-electron chi connectivity index (χ0n) is 16.0. The van der Waals surface area contributed by atoms with Crippen LogP contribution in [-0.4, -0.2) is 77.9 Å². The van der Waals surface area contributed by atoms with Crippen molar-refractivity contribution in [3.8, 4) is 0 Å². The molecule has 4 unspecified atom stereocenters. The number of nitro groups is 6. The smallest absolute Gasteiger partial charge is 0.242 e. The second-order valence-corrected chi connectivity index (χ2v) is 7.57. The average molecular weight is 466 g/mol. The zero-order chi connectivity index (χ0) is 24.3. The van der Waals surface area contributed by atoms with Crippen molar-refractivity contribution in [2.24, 2.45) is 0 Å². The Balaban J connectivity index is 2.31. The van der Waals surface area contributed by atoms with E-state index < -0.39 is 104 Å². The van der Waals surface area contributed by atoms with Crippen LogP contribution in [0.2, 0.25) is 0 Å². The molecule has 2 saturated carbocycles. The van der Waals surface area contributed by atoms with Crippen LogP contribution in [0.4, 0.5) is 0 Å². The highest BCUT2D eigenvalue weighted by Gasteiger charge is 2.57. The Morgan fingerprint density at radius 3 is 0.812 bits per heavy atom. The fourth-order valence-electron chi connectivity index (χ4n) is 4.20. The molecule has 0 spiro atoms. The van der Waals surface area contributed by atoms with E-state index in [0.29, 0.717) is 0 Å². The minimum absolute atomic E-state index is 0.672. The van der Waals surface area contributed by atoms with Crippen molar-refractivity contribution in [2.45, 2.75) is 74.0 Å². The summed E-state index contributed by atoms with van der Waals surface area (Å²) in [6.07, 6.45) is -2.69. The SMILES string of the molecule is O=[N+]([O-])C1CC([N+](=O)[O-])C(NNC2C([N+](=O)[O-])CC([N+](=O)[O-])CC2[N+](=O)[O-])C([N+](=O)[O-])C1. The van der Waals surface area contributed by atoms with Crippen LogP contribution in [0.25, 0.3) is 0 Å². The maximum atomic E-state index is 11.4. The minimum Gasteiger partial charge on any atom is -0.264 e. The van der Waals surface area contributed by atoms with E-state index in [1.165, 1.54) is 0 Å². The summed E-state index contributed by atoms with van der Waals surface area (Å²) in [4.78, 5) is 62.1. The predicted octanol–water partition coefficient (Wildman–Crippen LogP) is -1.72. The van der Waals surface area contributed by atoms with E-state index in [1.54, 1.807) is 0 Å². The molecule has 2 aliphatic carbocycles. The van der Waals surface area contributed by atoms with E-state index in [-0.39, 0.29) is 0 Å². The highest BCUT2D eigenvalue weighted by Crippen LogP contribution is 2.28. The van der Waals surface area contributed by atoms with Gasteiger partial charge < -0.3 is 0 Å². The Kier molecular flexibility index (Phi) is 7.40. The molecular weight excluding hydrogens is 448 g/mol. The lowest BCUT2D eigenvalue weighted by atomic mass is 9.82. The zero-order valence-corrected chi connectivity index (χ0v) is 16.0. The van der Waals surface area contributed by atoms with Gasteiger partial charge in [-0.05, 0) is 0 Å². The fourth-order valence-corrected chi connectivity index (χ4v) is 4.20. The van der Waals surface area contributed by atoms with Crippen molar-refractivity contribution >= 4 is 0 Å². The monoisotopic (exact) mass is 466 g/mol. The van der Waals surface area contributed by atoms with Crippen molar-refractivity contribution in [3.63, 3.8) is 0 Å². The summed E-state index contributed by atoms with van der Waals surface area (Å²) in [7, 11) is 0. The Labute approximate surface area is 176 Å². The van der Waals surface area contributed by atoms with Gasteiger partial charge in [0.25, 0.3) is 0 Å². The molecule has 0 aromatic heterocycles. The van der Waals surface area contributed by atoms with Crippen LogP contribution in [0.3, 0.4) is 0 Å². The molecule has 0 aliphatic heterocycles.